The zero-order valence-corrected chi connectivity index (χ0v) is 12.9. The van der Waals surface area contributed by atoms with Crippen LogP contribution < -0.4 is 4.74 Å². The van der Waals surface area contributed by atoms with E-state index in [1.165, 1.54) is 17.0 Å². The average molecular weight is 311 g/mol. The Morgan fingerprint density at radius 1 is 1.27 bits per heavy atom. The van der Waals surface area contributed by atoms with Gasteiger partial charge in [-0.15, -0.1) is 0 Å². The van der Waals surface area contributed by atoms with Crippen LogP contribution in [-0.2, 0) is 9.59 Å². The molecule has 5 nitrogen and oxygen atoms in total. The number of carbonyl (C=O) groups excluding carboxylic acids is 1. The van der Waals surface area contributed by atoms with Crippen LogP contribution in [0.15, 0.2) is 24.3 Å². The summed E-state index contributed by atoms with van der Waals surface area (Å²) in [5.41, 5.74) is 0. The van der Waals surface area contributed by atoms with Crippen molar-refractivity contribution in [1.29, 1.82) is 0 Å². The Morgan fingerprint density at radius 3 is 2.55 bits per heavy atom. The highest BCUT2D eigenvalue weighted by Gasteiger charge is 2.17. The predicted octanol–water partition coefficient (Wildman–Crippen LogP) is 2.70. The maximum absolute atomic E-state index is 13.3. The van der Waals surface area contributed by atoms with Gasteiger partial charge in [-0.05, 0) is 32.4 Å². The lowest BCUT2D eigenvalue weighted by Crippen LogP contribution is -2.38. The lowest BCUT2D eigenvalue weighted by atomic mass is 10.2. The Hall–Kier alpha value is -2.11. The van der Waals surface area contributed by atoms with Crippen molar-refractivity contribution in [3.05, 3.63) is 30.1 Å². The summed E-state index contributed by atoms with van der Waals surface area (Å²) in [6, 6.07) is 6.04. The number of carbonyl (C=O) groups is 2. The number of halogens is 1. The van der Waals surface area contributed by atoms with Crippen LogP contribution >= 0.6 is 0 Å². The number of nitrogens with zero attached hydrogens (tertiary/aromatic N) is 1. The quantitative estimate of drug-likeness (QED) is 0.712. The number of rotatable bonds is 9. The Balaban J connectivity index is 2.37. The first-order valence-corrected chi connectivity index (χ1v) is 7.30. The molecule has 0 saturated carbocycles. The first-order valence-electron chi connectivity index (χ1n) is 7.30. The number of ether oxygens (including phenoxy) is 1. The Morgan fingerprint density at radius 2 is 1.95 bits per heavy atom. The highest BCUT2D eigenvalue weighted by molar-refractivity contribution is 5.77. The third kappa shape index (κ3) is 6.11. The highest BCUT2D eigenvalue weighted by Crippen LogP contribution is 2.15. The van der Waals surface area contributed by atoms with Gasteiger partial charge >= 0.3 is 5.97 Å². The number of carboxylic acids is 1. The molecule has 122 valence electrons. The molecule has 1 rings (SSSR count). The Labute approximate surface area is 129 Å². The molecule has 0 aliphatic heterocycles. The van der Waals surface area contributed by atoms with Gasteiger partial charge in [0.15, 0.2) is 11.6 Å². The van der Waals surface area contributed by atoms with E-state index in [9.17, 15) is 14.0 Å². The molecule has 0 heterocycles. The minimum Gasteiger partial charge on any atom is -0.491 e. The number of benzene rings is 1. The second kappa shape index (κ2) is 9.02. The lowest BCUT2D eigenvalue weighted by Gasteiger charge is -2.26. The molecule has 0 spiro atoms. The summed E-state index contributed by atoms with van der Waals surface area (Å²) < 4.78 is 18.6. The summed E-state index contributed by atoms with van der Waals surface area (Å²) in [6.07, 6.45) is 0.616. The van der Waals surface area contributed by atoms with E-state index < -0.39 is 11.8 Å². The molecule has 0 saturated heterocycles. The number of aliphatic carboxylic acids is 1. The van der Waals surface area contributed by atoms with Gasteiger partial charge in [0.25, 0.3) is 0 Å². The molecule has 0 atom stereocenters. The maximum atomic E-state index is 13.3. The molecule has 22 heavy (non-hydrogen) atoms. The van der Waals surface area contributed by atoms with E-state index in [1.807, 2.05) is 13.8 Å². The third-order valence-corrected chi connectivity index (χ3v) is 3.14. The van der Waals surface area contributed by atoms with Gasteiger partial charge < -0.3 is 14.7 Å². The summed E-state index contributed by atoms with van der Waals surface area (Å²) >= 11 is 0. The molecule has 1 N–H and O–H groups in total. The zero-order chi connectivity index (χ0) is 16.5. The van der Waals surface area contributed by atoms with Gasteiger partial charge in [-0.1, -0.05) is 12.1 Å². The van der Waals surface area contributed by atoms with Crippen molar-refractivity contribution >= 4 is 11.9 Å². The van der Waals surface area contributed by atoms with E-state index >= 15 is 0 Å². The molecule has 1 amide bonds. The Bertz CT molecular complexity index is 505. The number of amides is 1. The largest absolute Gasteiger partial charge is 0.491 e. The standard InChI is InChI=1S/C16H22FNO4/c1-12(2)18(10-9-16(20)21)15(19)8-5-11-22-14-7-4-3-6-13(14)17/h3-4,6-7,12H,5,8-11H2,1-2H3,(H,20,21). The first kappa shape index (κ1) is 17.9. The third-order valence-electron chi connectivity index (χ3n) is 3.14. The predicted molar refractivity (Wildman–Crippen MR) is 80.2 cm³/mol. The molecule has 0 aliphatic carbocycles. The number of carboxylic acid groups (broad SMARTS) is 1. The molecule has 0 unspecified atom stereocenters. The van der Waals surface area contributed by atoms with E-state index in [4.69, 9.17) is 9.84 Å². The summed E-state index contributed by atoms with van der Waals surface area (Å²) in [7, 11) is 0. The lowest BCUT2D eigenvalue weighted by molar-refractivity contribution is -0.139. The van der Waals surface area contributed by atoms with Crippen LogP contribution in [0.1, 0.15) is 33.1 Å². The van der Waals surface area contributed by atoms with Crippen molar-refractivity contribution in [2.24, 2.45) is 0 Å². The van der Waals surface area contributed by atoms with Crippen molar-refractivity contribution in [1.82, 2.24) is 4.90 Å². The van der Waals surface area contributed by atoms with Crippen molar-refractivity contribution in [2.45, 2.75) is 39.2 Å². The summed E-state index contributed by atoms with van der Waals surface area (Å²) in [5.74, 6) is -1.31. The molecule has 0 radical (unpaired) electrons. The topological polar surface area (TPSA) is 66.8 Å². The van der Waals surface area contributed by atoms with Crippen LogP contribution in [-0.4, -0.2) is 41.1 Å². The molecule has 0 aromatic heterocycles. The summed E-state index contributed by atoms with van der Waals surface area (Å²) in [5, 5.41) is 8.70. The average Bonchev–Trinajstić information content (AvgIpc) is 2.44. The SMILES string of the molecule is CC(C)N(CCC(=O)O)C(=O)CCCOc1ccccc1F. The van der Waals surface area contributed by atoms with Crippen LogP contribution in [0.5, 0.6) is 5.75 Å². The van der Waals surface area contributed by atoms with E-state index in [2.05, 4.69) is 0 Å². The molecular weight excluding hydrogens is 289 g/mol. The van der Waals surface area contributed by atoms with Crippen molar-refractivity contribution in [3.63, 3.8) is 0 Å². The monoisotopic (exact) mass is 311 g/mol. The first-order chi connectivity index (χ1) is 10.4. The van der Waals surface area contributed by atoms with Crippen LogP contribution in [0.25, 0.3) is 0 Å². The van der Waals surface area contributed by atoms with Gasteiger partial charge in [0.1, 0.15) is 0 Å². The number of hydrogen-bond acceptors (Lipinski definition) is 3. The maximum Gasteiger partial charge on any atom is 0.305 e. The van der Waals surface area contributed by atoms with Crippen molar-refractivity contribution in [2.75, 3.05) is 13.2 Å². The van der Waals surface area contributed by atoms with E-state index in [-0.39, 0.29) is 43.7 Å². The fraction of sp³-hybridized carbons (Fsp3) is 0.500. The van der Waals surface area contributed by atoms with Gasteiger partial charge in [-0.25, -0.2) is 4.39 Å². The smallest absolute Gasteiger partial charge is 0.305 e. The van der Waals surface area contributed by atoms with Gasteiger partial charge in [-0.2, -0.15) is 0 Å². The molecular formula is C16H22FNO4. The van der Waals surface area contributed by atoms with E-state index in [0.717, 1.165) is 0 Å². The molecule has 1 aromatic rings. The normalized spacial score (nSPS) is 10.5. The van der Waals surface area contributed by atoms with Crippen LogP contribution in [0.4, 0.5) is 4.39 Å². The Kier molecular flexibility index (Phi) is 7.36. The van der Waals surface area contributed by atoms with Crippen LogP contribution in [0.3, 0.4) is 0 Å². The highest BCUT2D eigenvalue weighted by atomic mass is 19.1. The van der Waals surface area contributed by atoms with Crippen LogP contribution in [0, 0.1) is 5.82 Å². The summed E-state index contributed by atoms with van der Waals surface area (Å²) in [6.45, 7) is 4.11. The fourth-order valence-electron chi connectivity index (χ4n) is 2.00. The van der Waals surface area contributed by atoms with Gasteiger partial charge in [0, 0.05) is 19.0 Å². The minimum absolute atomic E-state index is 0.0562. The fourth-order valence-corrected chi connectivity index (χ4v) is 2.00. The second-order valence-electron chi connectivity index (χ2n) is 5.21. The van der Waals surface area contributed by atoms with Gasteiger partial charge in [-0.3, -0.25) is 9.59 Å². The van der Waals surface area contributed by atoms with Gasteiger partial charge in [0.05, 0.1) is 13.0 Å². The number of para-hydroxylation sites is 1. The van der Waals surface area contributed by atoms with Gasteiger partial charge in [0.2, 0.25) is 5.91 Å². The van der Waals surface area contributed by atoms with Crippen molar-refractivity contribution < 1.29 is 23.8 Å². The minimum atomic E-state index is -0.929. The number of hydrogen-bond donors (Lipinski definition) is 1. The second-order valence-corrected chi connectivity index (χ2v) is 5.21. The molecule has 1 aromatic carbocycles. The molecule has 0 fully saturated rings. The van der Waals surface area contributed by atoms with E-state index in [0.29, 0.717) is 6.42 Å². The summed E-state index contributed by atoms with van der Waals surface area (Å²) in [4.78, 5) is 24.2. The zero-order valence-electron chi connectivity index (χ0n) is 12.9. The van der Waals surface area contributed by atoms with E-state index in [1.54, 1.807) is 12.1 Å². The molecule has 0 bridgehead atoms. The van der Waals surface area contributed by atoms with Crippen molar-refractivity contribution in [3.8, 4) is 5.75 Å². The molecule has 0 aliphatic rings. The molecule has 6 heteroatoms. The van der Waals surface area contributed by atoms with Crippen LogP contribution in [0.2, 0.25) is 0 Å².